The first kappa shape index (κ1) is 66.9. The molecule has 8 amide bonds. The second kappa shape index (κ2) is 42.4. The SMILES string of the molecule is CC#N.O=C(Nc1ccccc1)Nc1ccncc1.O=C(Nc1ccccc1)Nc1ccncc1.O=C(Nc1ccccc1)Nc1ccncc1.O=C(Nc1ccccc1)Nc1ccncc1.O=[N+]([O-])[O-].O=[N+]([O-])[O-].[Ag+].[Ag+]. The van der Waals surface area contributed by atoms with E-state index in [0.29, 0.717) is 22.7 Å². The molecule has 8 aromatic rings. The standard InChI is InChI=1S/4C12H11N3O.C2H3N.2Ag.2NO3/c4*16-12(14-10-4-2-1-3-5-10)15-11-6-8-13-9-7-11;1-2-3;;;2*2-1(3)4/h4*1-9H,(H2,13,14,15,16);1H3;;;;/q;;;;;2*+1;2*-1. The van der Waals surface area contributed by atoms with Crippen LogP contribution in [-0.4, -0.2) is 54.2 Å². The summed E-state index contributed by atoms with van der Waals surface area (Å²) in [4.78, 5) is 78.1. The summed E-state index contributed by atoms with van der Waals surface area (Å²) in [7, 11) is 0. The molecule has 77 heavy (non-hydrogen) atoms. The van der Waals surface area contributed by atoms with E-state index < -0.39 is 10.2 Å². The zero-order valence-corrected chi connectivity index (χ0v) is 43.1. The molecule has 0 saturated carbocycles. The molecule has 0 radical (unpaired) electrons. The van der Waals surface area contributed by atoms with Crippen LogP contribution in [-0.2, 0) is 44.8 Å². The summed E-state index contributed by atoms with van der Waals surface area (Å²) < 4.78 is 0. The number of benzene rings is 4. The van der Waals surface area contributed by atoms with Crippen LogP contribution < -0.4 is 42.5 Å². The van der Waals surface area contributed by atoms with Gasteiger partial charge in [-0.1, -0.05) is 72.8 Å². The fourth-order valence-electron chi connectivity index (χ4n) is 5.00. The Morgan fingerprint density at radius 1 is 0.338 bits per heavy atom. The van der Waals surface area contributed by atoms with Gasteiger partial charge < -0.3 is 73.2 Å². The van der Waals surface area contributed by atoms with Crippen molar-refractivity contribution in [3.05, 3.63) is 250 Å². The monoisotopic (exact) mass is 1230 g/mol. The molecule has 4 aromatic carbocycles. The van der Waals surface area contributed by atoms with Crippen molar-refractivity contribution in [1.29, 1.82) is 5.26 Å². The third-order valence-corrected chi connectivity index (χ3v) is 7.88. The summed E-state index contributed by atoms with van der Waals surface area (Å²) in [5, 5.41) is 58.5. The number of nitriles is 1. The van der Waals surface area contributed by atoms with E-state index in [1.54, 1.807) is 104 Å². The molecule has 0 atom stereocenters. The molecule has 0 aliphatic rings. The third-order valence-electron chi connectivity index (χ3n) is 7.88. The number of nitrogens with zero attached hydrogens (tertiary/aromatic N) is 7. The van der Waals surface area contributed by atoms with Gasteiger partial charge in [-0.2, -0.15) is 5.26 Å². The minimum absolute atomic E-state index is 0. The first-order chi connectivity index (χ1) is 36.3. The van der Waals surface area contributed by atoms with Crippen LogP contribution in [0.5, 0.6) is 0 Å². The Balaban J connectivity index is 0.000000930. The fourth-order valence-corrected chi connectivity index (χ4v) is 5.00. The van der Waals surface area contributed by atoms with Crippen LogP contribution in [0.25, 0.3) is 0 Å². The molecule has 4 aromatic heterocycles. The van der Waals surface area contributed by atoms with Gasteiger partial charge in [-0.05, 0) is 97.1 Å². The summed E-state index contributed by atoms with van der Waals surface area (Å²) in [6.45, 7) is 1.43. The summed E-state index contributed by atoms with van der Waals surface area (Å²) >= 11 is 0. The third kappa shape index (κ3) is 36.5. The summed E-state index contributed by atoms with van der Waals surface area (Å²) in [6.07, 6.45) is 13.0. The van der Waals surface area contributed by atoms with Gasteiger partial charge >= 0.3 is 68.9 Å². The Morgan fingerprint density at radius 2 is 0.455 bits per heavy atom. The first-order valence-electron chi connectivity index (χ1n) is 21.3. The molecule has 0 aliphatic carbocycles. The van der Waals surface area contributed by atoms with Gasteiger partial charge in [-0.25, -0.2) is 19.2 Å². The molecule has 27 heteroatoms. The molecule has 404 valence electrons. The second-order valence-corrected chi connectivity index (χ2v) is 13.4. The number of para-hydroxylation sites is 4. The number of anilines is 8. The van der Waals surface area contributed by atoms with Crippen molar-refractivity contribution in [2.45, 2.75) is 6.92 Å². The molecule has 0 bridgehead atoms. The van der Waals surface area contributed by atoms with Crippen molar-refractivity contribution in [2.75, 3.05) is 42.5 Å². The number of pyridine rings is 4. The average molecular weight is 1230 g/mol. The van der Waals surface area contributed by atoms with E-state index in [2.05, 4.69) is 62.5 Å². The Morgan fingerprint density at radius 3 is 0.584 bits per heavy atom. The van der Waals surface area contributed by atoms with Crippen molar-refractivity contribution < 1.29 is 74.1 Å². The van der Waals surface area contributed by atoms with E-state index in [0.717, 1.165) is 22.7 Å². The van der Waals surface area contributed by atoms with Crippen LogP contribution in [0.1, 0.15) is 6.92 Å². The number of nitrogens with one attached hydrogen (secondary N) is 8. The normalized spacial score (nSPS) is 8.62. The van der Waals surface area contributed by atoms with E-state index in [-0.39, 0.29) is 68.9 Å². The molecular weight excluding hydrogens is 1190 g/mol. The van der Waals surface area contributed by atoms with Crippen molar-refractivity contribution in [2.24, 2.45) is 0 Å². The van der Waals surface area contributed by atoms with E-state index in [4.69, 9.17) is 35.9 Å². The van der Waals surface area contributed by atoms with Crippen molar-refractivity contribution in [1.82, 2.24) is 19.9 Å². The molecule has 0 saturated heterocycles. The fraction of sp³-hybridized carbons (Fsp3) is 0.0200. The number of hydrogen-bond acceptors (Lipinski definition) is 15. The van der Waals surface area contributed by atoms with Gasteiger partial charge in [0.1, 0.15) is 0 Å². The molecule has 0 unspecified atom stereocenters. The Bertz CT molecular complexity index is 2340. The van der Waals surface area contributed by atoms with E-state index in [1.165, 1.54) is 6.92 Å². The number of aromatic nitrogens is 4. The zero-order valence-electron chi connectivity index (χ0n) is 40.1. The Hall–Kier alpha value is -10.1. The van der Waals surface area contributed by atoms with Crippen molar-refractivity contribution in [3.63, 3.8) is 0 Å². The number of rotatable bonds is 8. The van der Waals surface area contributed by atoms with Gasteiger partial charge in [0, 0.05) is 102 Å². The minimum atomic E-state index is -1.75. The average Bonchev–Trinajstić information content (AvgIpc) is 3.39. The first-order valence-corrected chi connectivity index (χ1v) is 21.3. The minimum Gasteiger partial charge on any atom is -0.356 e. The molecule has 8 rings (SSSR count). The molecular formula is C50H47Ag2N15O10. The number of carbonyl (C=O) groups excluding carboxylic acids is 4. The van der Waals surface area contributed by atoms with Crippen LogP contribution in [0.4, 0.5) is 64.7 Å². The van der Waals surface area contributed by atoms with Gasteiger partial charge in [-0.3, -0.25) is 19.9 Å². The summed E-state index contributed by atoms with van der Waals surface area (Å²) in [5.41, 5.74) is 5.88. The predicted octanol–water partition coefficient (Wildman–Crippen LogP) is 10.9. The molecule has 0 spiro atoms. The van der Waals surface area contributed by atoms with E-state index in [1.807, 2.05) is 121 Å². The maximum absolute atomic E-state index is 11.5. The van der Waals surface area contributed by atoms with Crippen LogP contribution in [0.3, 0.4) is 0 Å². The largest absolute Gasteiger partial charge is 1.00 e. The maximum atomic E-state index is 11.5. The number of urea groups is 4. The van der Waals surface area contributed by atoms with Gasteiger partial charge in [-0.15, -0.1) is 0 Å². The number of carbonyl (C=O) groups is 4. The van der Waals surface area contributed by atoms with Crippen LogP contribution >= 0.6 is 0 Å². The van der Waals surface area contributed by atoms with Crippen LogP contribution in [0.2, 0.25) is 0 Å². The molecule has 4 heterocycles. The number of hydrogen-bond donors (Lipinski definition) is 8. The van der Waals surface area contributed by atoms with Crippen molar-refractivity contribution >= 4 is 69.6 Å². The molecule has 0 aliphatic heterocycles. The van der Waals surface area contributed by atoms with Crippen LogP contribution in [0, 0.1) is 42.0 Å². The maximum Gasteiger partial charge on any atom is 1.00 e. The van der Waals surface area contributed by atoms with Gasteiger partial charge in [0.2, 0.25) is 0 Å². The van der Waals surface area contributed by atoms with E-state index in [9.17, 15) is 19.2 Å². The smallest absolute Gasteiger partial charge is 0.356 e. The zero-order chi connectivity index (χ0) is 54.7. The number of amides is 8. The molecule has 8 N–H and O–H groups in total. The Labute approximate surface area is 471 Å². The van der Waals surface area contributed by atoms with Gasteiger partial charge in [0.05, 0.1) is 16.2 Å². The van der Waals surface area contributed by atoms with Gasteiger partial charge in [0.25, 0.3) is 0 Å². The summed E-state index contributed by atoms with van der Waals surface area (Å²) in [5.74, 6) is 0. The topological polar surface area (TPSA) is 372 Å². The quantitative estimate of drug-likeness (QED) is 0.0398. The second-order valence-electron chi connectivity index (χ2n) is 13.4. The Kier molecular flexibility index (Phi) is 36.9. The molecule has 0 fully saturated rings. The molecule has 25 nitrogen and oxygen atoms in total. The summed E-state index contributed by atoms with van der Waals surface area (Å²) in [6, 6.07) is 51.6. The van der Waals surface area contributed by atoms with Crippen LogP contribution in [0.15, 0.2) is 219 Å². The van der Waals surface area contributed by atoms with E-state index >= 15 is 0 Å². The van der Waals surface area contributed by atoms with Gasteiger partial charge in [0.15, 0.2) is 0 Å². The predicted molar refractivity (Wildman–Crippen MR) is 285 cm³/mol. The van der Waals surface area contributed by atoms with Crippen molar-refractivity contribution in [3.8, 4) is 6.07 Å².